The number of carbonyl (C=O) groups is 1. The second-order valence-corrected chi connectivity index (χ2v) is 5.91. The van der Waals surface area contributed by atoms with Crippen LogP contribution in [-0.2, 0) is 0 Å². The summed E-state index contributed by atoms with van der Waals surface area (Å²) in [6.45, 7) is 0. The molecule has 0 aliphatic heterocycles. The maximum Gasteiger partial charge on any atom is 0.252 e. The van der Waals surface area contributed by atoms with Gasteiger partial charge in [0.05, 0.1) is 13.2 Å². The van der Waals surface area contributed by atoms with Crippen molar-refractivity contribution in [2.45, 2.75) is 6.04 Å². The molecule has 0 fully saturated rings. The molecule has 0 spiro atoms. The minimum Gasteiger partial charge on any atom is -0.497 e. The third kappa shape index (κ3) is 4.17. The van der Waals surface area contributed by atoms with E-state index < -0.39 is 0 Å². The summed E-state index contributed by atoms with van der Waals surface area (Å²) in [6.07, 6.45) is 3.45. The molecule has 0 radical (unpaired) electrons. The summed E-state index contributed by atoms with van der Waals surface area (Å²) in [5.41, 5.74) is 2.38. The van der Waals surface area contributed by atoms with Crippen LogP contribution in [-0.4, -0.2) is 18.0 Å². The van der Waals surface area contributed by atoms with Crippen LogP contribution in [0.1, 0.15) is 27.5 Å². The van der Waals surface area contributed by atoms with E-state index in [1.807, 2.05) is 24.3 Å². The number of amides is 1. The lowest BCUT2D eigenvalue weighted by atomic mass is 9.99. The molecule has 3 rings (SSSR count). The molecule has 0 saturated heterocycles. The number of pyridine rings is 1. The molecule has 5 heteroatoms. The first-order valence-electron chi connectivity index (χ1n) is 7.77. The molecule has 3 aromatic rings. The van der Waals surface area contributed by atoms with Gasteiger partial charge in [0.25, 0.3) is 5.91 Å². The average Bonchev–Trinajstić information content (AvgIpc) is 2.67. The van der Waals surface area contributed by atoms with Crippen LogP contribution in [0.25, 0.3) is 0 Å². The number of aromatic nitrogens is 1. The highest BCUT2D eigenvalue weighted by Gasteiger charge is 2.18. The molecular formula is C20H17ClN2O2. The number of hydrogen-bond donors (Lipinski definition) is 1. The molecule has 1 amide bonds. The summed E-state index contributed by atoms with van der Waals surface area (Å²) >= 11 is 5.98. The maximum absolute atomic E-state index is 12.7. The van der Waals surface area contributed by atoms with Gasteiger partial charge in [0.2, 0.25) is 0 Å². The quantitative estimate of drug-likeness (QED) is 0.746. The minimum absolute atomic E-state index is 0.175. The molecular weight excluding hydrogens is 336 g/mol. The van der Waals surface area contributed by atoms with Crippen LogP contribution < -0.4 is 10.1 Å². The Bertz CT molecular complexity index is 834. The molecule has 0 unspecified atom stereocenters. The minimum atomic E-state index is -0.319. The zero-order valence-corrected chi connectivity index (χ0v) is 14.4. The van der Waals surface area contributed by atoms with E-state index in [1.54, 1.807) is 55.9 Å². The van der Waals surface area contributed by atoms with E-state index >= 15 is 0 Å². The van der Waals surface area contributed by atoms with E-state index in [2.05, 4.69) is 10.3 Å². The number of hydrogen-bond acceptors (Lipinski definition) is 3. The van der Waals surface area contributed by atoms with E-state index in [-0.39, 0.29) is 11.9 Å². The van der Waals surface area contributed by atoms with Crippen LogP contribution >= 0.6 is 11.6 Å². The van der Waals surface area contributed by atoms with Crippen molar-refractivity contribution in [3.8, 4) is 5.75 Å². The molecule has 0 aliphatic carbocycles. The van der Waals surface area contributed by atoms with Crippen LogP contribution in [0.5, 0.6) is 5.75 Å². The van der Waals surface area contributed by atoms with Gasteiger partial charge in [-0.1, -0.05) is 29.8 Å². The van der Waals surface area contributed by atoms with Crippen molar-refractivity contribution < 1.29 is 9.53 Å². The third-order valence-corrected chi connectivity index (χ3v) is 4.10. The lowest BCUT2D eigenvalue weighted by Crippen LogP contribution is -2.29. The molecule has 4 nitrogen and oxygen atoms in total. The fourth-order valence-corrected chi connectivity index (χ4v) is 2.64. The highest BCUT2D eigenvalue weighted by Crippen LogP contribution is 2.24. The number of rotatable bonds is 5. The largest absolute Gasteiger partial charge is 0.497 e. The molecule has 1 aromatic heterocycles. The number of nitrogens with zero attached hydrogens (tertiary/aromatic N) is 1. The van der Waals surface area contributed by atoms with Crippen LogP contribution in [0.2, 0.25) is 5.02 Å². The fourth-order valence-electron chi connectivity index (χ4n) is 2.52. The SMILES string of the molecule is COc1ccc(C(=O)N[C@H](c2ccc(Cl)cc2)c2cccnc2)cc1. The summed E-state index contributed by atoms with van der Waals surface area (Å²) in [5.74, 6) is 0.532. The second kappa shape index (κ2) is 7.81. The van der Waals surface area contributed by atoms with E-state index in [0.29, 0.717) is 16.3 Å². The van der Waals surface area contributed by atoms with E-state index in [9.17, 15) is 4.79 Å². The Hall–Kier alpha value is -2.85. The molecule has 2 aromatic carbocycles. The van der Waals surface area contributed by atoms with E-state index in [0.717, 1.165) is 11.1 Å². The lowest BCUT2D eigenvalue weighted by Gasteiger charge is -2.20. The predicted molar refractivity (Wildman–Crippen MR) is 98.0 cm³/mol. The Morgan fingerprint density at radius 3 is 2.36 bits per heavy atom. The van der Waals surface area contributed by atoms with Crippen molar-refractivity contribution in [1.29, 1.82) is 0 Å². The molecule has 126 valence electrons. The number of carbonyl (C=O) groups excluding carboxylic acids is 1. The van der Waals surface area contributed by atoms with Crippen molar-refractivity contribution in [3.63, 3.8) is 0 Å². The highest BCUT2D eigenvalue weighted by molar-refractivity contribution is 6.30. The molecule has 0 saturated carbocycles. The van der Waals surface area contributed by atoms with Crippen LogP contribution in [0.15, 0.2) is 73.1 Å². The lowest BCUT2D eigenvalue weighted by molar-refractivity contribution is 0.0943. The number of ether oxygens (including phenoxy) is 1. The number of methoxy groups -OCH3 is 1. The van der Waals surface area contributed by atoms with E-state index in [4.69, 9.17) is 16.3 Å². The Kier molecular flexibility index (Phi) is 5.31. The number of halogens is 1. The Balaban J connectivity index is 1.89. The van der Waals surface area contributed by atoms with Gasteiger partial charge in [0, 0.05) is 23.0 Å². The zero-order chi connectivity index (χ0) is 17.6. The summed E-state index contributed by atoms with van der Waals surface area (Å²) < 4.78 is 5.13. The Morgan fingerprint density at radius 1 is 1.04 bits per heavy atom. The van der Waals surface area contributed by atoms with Gasteiger partial charge < -0.3 is 10.1 Å². The van der Waals surface area contributed by atoms with Crippen LogP contribution in [0, 0.1) is 0 Å². The van der Waals surface area contributed by atoms with Gasteiger partial charge in [-0.15, -0.1) is 0 Å². The molecule has 1 heterocycles. The van der Waals surface area contributed by atoms with Gasteiger partial charge in [0.1, 0.15) is 5.75 Å². The Morgan fingerprint density at radius 2 is 1.76 bits per heavy atom. The first-order chi connectivity index (χ1) is 12.2. The fraction of sp³-hybridized carbons (Fsp3) is 0.100. The molecule has 25 heavy (non-hydrogen) atoms. The smallest absolute Gasteiger partial charge is 0.252 e. The first-order valence-corrected chi connectivity index (χ1v) is 8.15. The number of benzene rings is 2. The van der Waals surface area contributed by atoms with Crippen LogP contribution in [0.4, 0.5) is 0 Å². The normalized spacial score (nSPS) is 11.6. The summed E-state index contributed by atoms with van der Waals surface area (Å²) in [5, 5.41) is 3.71. The van der Waals surface area contributed by atoms with Gasteiger partial charge >= 0.3 is 0 Å². The van der Waals surface area contributed by atoms with Crippen molar-refractivity contribution in [2.75, 3.05) is 7.11 Å². The molecule has 1 N–H and O–H groups in total. The van der Waals surface area contributed by atoms with Gasteiger partial charge in [-0.2, -0.15) is 0 Å². The predicted octanol–water partition coefficient (Wildman–Crippen LogP) is 4.26. The van der Waals surface area contributed by atoms with Crippen molar-refractivity contribution in [1.82, 2.24) is 10.3 Å². The summed E-state index contributed by atoms with van der Waals surface area (Å²) in [7, 11) is 1.59. The topological polar surface area (TPSA) is 51.2 Å². The van der Waals surface area contributed by atoms with Crippen LogP contribution in [0.3, 0.4) is 0 Å². The maximum atomic E-state index is 12.7. The van der Waals surface area contributed by atoms with Crippen molar-refractivity contribution in [3.05, 3.63) is 94.8 Å². The monoisotopic (exact) mass is 352 g/mol. The molecule has 0 bridgehead atoms. The van der Waals surface area contributed by atoms with Gasteiger partial charge in [-0.25, -0.2) is 0 Å². The molecule has 1 atom stereocenters. The second-order valence-electron chi connectivity index (χ2n) is 5.47. The highest BCUT2D eigenvalue weighted by atomic mass is 35.5. The standard InChI is InChI=1S/C20H17ClN2O2/c1-25-18-10-6-15(7-11-18)20(24)23-19(16-3-2-12-22-13-16)14-4-8-17(21)9-5-14/h2-13,19H,1H3,(H,23,24)/t19-/m1/s1. The Labute approximate surface area is 151 Å². The van der Waals surface area contributed by atoms with E-state index in [1.165, 1.54) is 0 Å². The third-order valence-electron chi connectivity index (χ3n) is 3.85. The summed E-state index contributed by atoms with van der Waals surface area (Å²) in [4.78, 5) is 16.8. The number of nitrogens with one attached hydrogen (secondary N) is 1. The van der Waals surface area contributed by atoms with Crippen molar-refractivity contribution >= 4 is 17.5 Å². The first kappa shape index (κ1) is 17.0. The zero-order valence-electron chi connectivity index (χ0n) is 13.6. The van der Waals surface area contributed by atoms with Gasteiger partial charge in [0.15, 0.2) is 0 Å². The average molecular weight is 353 g/mol. The van der Waals surface area contributed by atoms with Gasteiger partial charge in [-0.3, -0.25) is 9.78 Å². The molecule has 0 aliphatic rings. The van der Waals surface area contributed by atoms with Crippen molar-refractivity contribution in [2.24, 2.45) is 0 Å². The summed E-state index contributed by atoms with van der Waals surface area (Å²) in [6, 6.07) is 17.8. The van der Waals surface area contributed by atoms with Gasteiger partial charge in [-0.05, 0) is 53.6 Å².